The predicted molar refractivity (Wildman–Crippen MR) is 102 cm³/mol. The third-order valence-electron chi connectivity index (χ3n) is 4.14. The first-order valence-electron chi connectivity index (χ1n) is 8.15. The normalized spacial score (nSPS) is 12.2. The van der Waals surface area contributed by atoms with Crippen molar-refractivity contribution in [3.8, 4) is 0 Å². The third kappa shape index (κ3) is 4.52. The number of carbonyl (C=O) groups is 2. The number of hydrogen-bond donors (Lipinski definition) is 1. The van der Waals surface area contributed by atoms with Crippen LogP contribution >= 0.6 is 11.6 Å². The summed E-state index contributed by atoms with van der Waals surface area (Å²) >= 11 is 6.04. The molecule has 0 aliphatic carbocycles. The number of nitrogens with zero attached hydrogens (tertiary/aromatic N) is 2. The van der Waals surface area contributed by atoms with E-state index in [0.717, 1.165) is 22.5 Å². The Labute approximate surface area is 157 Å². The number of anilines is 1. The highest BCUT2D eigenvalue weighted by atomic mass is 35.5. The molecule has 1 aromatic carbocycles. The lowest BCUT2D eigenvalue weighted by molar-refractivity contribution is -0.148. The number of nitrogens with one attached hydrogen (secondary N) is 1. The first kappa shape index (κ1) is 19.7. The average molecular weight is 376 g/mol. The minimum absolute atomic E-state index is 0.425. The summed E-state index contributed by atoms with van der Waals surface area (Å²) in [6.45, 7) is 7.09. The molecule has 0 fully saturated rings. The van der Waals surface area contributed by atoms with Gasteiger partial charge in [-0.15, -0.1) is 0 Å². The lowest BCUT2D eigenvalue weighted by atomic mass is 10.2. The van der Waals surface area contributed by atoms with Gasteiger partial charge in [-0.2, -0.15) is 5.10 Å². The molecule has 1 aromatic heterocycles. The zero-order chi connectivity index (χ0) is 19.4. The summed E-state index contributed by atoms with van der Waals surface area (Å²) in [7, 11) is 1.84. The summed E-state index contributed by atoms with van der Waals surface area (Å²) in [6.07, 6.45) is 2.00. The number of rotatable bonds is 5. The van der Waals surface area contributed by atoms with Crippen LogP contribution in [0.25, 0.3) is 6.08 Å². The summed E-state index contributed by atoms with van der Waals surface area (Å²) < 4.78 is 6.90. The largest absolute Gasteiger partial charge is 0.449 e. The molecule has 1 atom stereocenters. The van der Waals surface area contributed by atoms with Crippen molar-refractivity contribution in [2.45, 2.75) is 33.8 Å². The molecule has 0 aliphatic heterocycles. The van der Waals surface area contributed by atoms with Crippen molar-refractivity contribution < 1.29 is 14.3 Å². The van der Waals surface area contributed by atoms with E-state index in [1.165, 1.54) is 13.0 Å². The summed E-state index contributed by atoms with van der Waals surface area (Å²) in [5.41, 5.74) is 3.95. The van der Waals surface area contributed by atoms with Crippen LogP contribution in [0.4, 0.5) is 5.69 Å². The standard InChI is InChI=1S/C19H22ClN3O3/c1-11-16(20)7-6-8-17(11)21-19(25)14(4)26-18(24)10-9-15-12(2)22-23(5)13(15)3/h6-10,14H,1-5H3,(H,21,25)/b10-9+/t14-/m1/s1. The van der Waals surface area contributed by atoms with Gasteiger partial charge < -0.3 is 10.1 Å². The van der Waals surface area contributed by atoms with E-state index in [1.807, 2.05) is 20.9 Å². The molecule has 0 saturated carbocycles. The van der Waals surface area contributed by atoms with E-state index in [0.29, 0.717) is 10.7 Å². The first-order valence-corrected chi connectivity index (χ1v) is 8.53. The maximum Gasteiger partial charge on any atom is 0.331 e. The van der Waals surface area contributed by atoms with Crippen LogP contribution in [0.1, 0.15) is 29.4 Å². The molecule has 0 saturated heterocycles. The third-order valence-corrected chi connectivity index (χ3v) is 4.55. The van der Waals surface area contributed by atoms with Gasteiger partial charge in [-0.05, 0) is 51.5 Å². The Morgan fingerprint density at radius 1 is 1.31 bits per heavy atom. The molecule has 1 heterocycles. The average Bonchev–Trinajstić information content (AvgIpc) is 2.82. The van der Waals surface area contributed by atoms with E-state index in [-0.39, 0.29) is 0 Å². The molecule has 7 heteroatoms. The summed E-state index contributed by atoms with van der Waals surface area (Å²) in [4.78, 5) is 24.2. The van der Waals surface area contributed by atoms with E-state index in [4.69, 9.17) is 16.3 Å². The molecule has 2 aromatic rings. The smallest absolute Gasteiger partial charge is 0.331 e. The Morgan fingerprint density at radius 3 is 2.62 bits per heavy atom. The van der Waals surface area contributed by atoms with Gasteiger partial charge in [0.25, 0.3) is 5.91 Å². The fourth-order valence-electron chi connectivity index (χ4n) is 2.43. The Bertz CT molecular complexity index is 871. The lowest BCUT2D eigenvalue weighted by Gasteiger charge is -2.14. The zero-order valence-corrected chi connectivity index (χ0v) is 16.2. The zero-order valence-electron chi connectivity index (χ0n) is 15.5. The second-order valence-electron chi connectivity index (χ2n) is 6.02. The van der Waals surface area contributed by atoms with Gasteiger partial charge in [0.1, 0.15) is 0 Å². The lowest BCUT2D eigenvalue weighted by Crippen LogP contribution is -2.29. The number of hydrogen-bond acceptors (Lipinski definition) is 4. The molecule has 0 radical (unpaired) electrons. The van der Waals surface area contributed by atoms with Crippen molar-refractivity contribution in [3.05, 3.63) is 51.8 Å². The maximum absolute atomic E-state index is 12.2. The van der Waals surface area contributed by atoms with Gasteiger partial charge in [0.2, 0.25) is 0 Å². The van der Waals surface area contributed by atoms with Crippen molar-refractivity contribution in [2.24, 2.45) is 7.05 Å². The van der Waals surface area contributed by atoms with E-state index >= 15 is 0 Å². The molecule has 26 heavy (non-hydrogen) atoms. The van der Waals surface area contributed by atoms with Gasteiger partial charge in [0.15, 0.2) is 6.10 Å². The summed E-state index contributed by atoms with van der Waals surface area (Å²) in [6, 6.07) is 5.22. The van der Waals surface area contributed by atoms with Crippen LogP contribution in [0.2, 0.25) is 5.02 Å². The van der Waals surface area contributed by atoms with Crippen LogP contribution in [-0.2, 0) is 21.4 Å². The molecule has 1 amide bonds. The molecule has 1 N–H and O–H groups in total. The van der Waals surface area contributed by atoms with Crippen molar-refractivity contribution in [3.63, 3.8) is 0 Å². The molecular formula is C19H22ClN3O3. The Morgan fingerprint density at radius 2 is 2.00 bits per heavy atom. The second kappa shape index (κ2) is 8.19. The van der Waals surface area contributed by atoms with Crippen LogP contribution in [0.3, 0.4) is 0 Å². The Kier molecular flexibility index (Phi) is 6.21. The van der Waals surface area contributed by atoms with Gasteiger partial charge in [-0.3, -0.25) is 9.48 Å². The molecular weight excluding hydrogens is 354 g/mol. The Hall–Kier alpha value is -2.60. The number of benzene rings is 1. The van der Waals surface area contributed by atoms with Crippen LogP contribution in [0.5, 0.6) is 0 Å². The van der Waals surface area contributed by atoms with Crippen LogP contribution < -0.4 is 5.32 Å². The fourth-order valence-corrected chi connectivity index (χ4v) is 2.60. The van der Waals surface area contributed by atoms with E-state index < -0.39 is 18.0 Å². The van der Waals surface area contributed by atoms with Crippen LogP contribution in [0, 0.1) is 20.8 Å². The van der Waals surface area contributed by atoms with Crippen molar-refractivity contribution in [2.75, 3.05) is 5.32 Å². The topological polar surface area (TPSA) is 73.2 Å². The van der Waals surface area contributed by atoms with E-state index in [1.54, 1.807) is 35.9 Å². The van der Waals surface area contributed by atoms with Crippen molar-refractivity contribution >= 4 is 35.2 Å². The van der Waals surface area contributed by atoms with Crippen molar-refractivity contribution in [1.29, 1.82) is 0 Å². The number of ether oxygens (including phenoxy) is 1. The summed E-state index contributed by atoms with van der Waals surface area (Å²) in [5, 5.41) is 7.55. The highest BCUT2D eigenvalue weighted by molar-refractivity contribution is 6.31. The van der Waals surface area contributed by atoms with Gasteiger partial charge in [0, 0.05) is 35.1 Å². The molecule has 0 bridgehead atoms. The number of carbonyl (C=O) groups excluding carboxylic acids is 2. The number of aromatic nitrogens is 2. The van der Waals surface area contributed by atoms with Crippen LogP contribution in [-0.4, -0.2) is 27.8 Å². The van der Waals surface area contributed by atoms with Crippen LogP contribution in [0.15, 0.2) is 24.3 Å². The molecule has 6 nitrogen and oxygen atoms in total. The minimum Gasteiger partial charge on any atom is -0.449 e. The highest BCUT2D eigenvalue weighted by Crippen LogP contribution is 2.23. The van der Waals surface area contributed by atoms with Gasteiger partial charge in [-0.25, -0.2) is 4.79 Å². The van der Waals surface area contributed by atoms with Gasteiger partial charge >= 0.3 is 5.97 Å². The number of aryl methyl sites for hydroxylation is 2. The summed E-state index contributed by atoms with van der Waals surface area (Å²) in [5.74, 6) is -1.02. The van der Waals surface area contributed by atoms with E-state index in [2.05, 4.69) is 10.4 Å². The fraction of sp³-hybridized carbons (Fsp3) is 0.316. The second-order valence-corrected chi connectivity index (χ2v) is 6.43. The quantitative estimate of drug-likeness (QED) is 0.640. The monoisotopic (exact) mass is 375 g/mol. The maximum atomic E-state index is 12.2. The first-order chi connectivity index (χ1) is 12.2. The molecule has 0 spiro atoms. The predicted octanol–water partition coefficient (Wildman–Crippen LogP) is 3.58. The number of amides is 1. The minimum atomic E-state index is -0.943. The Balaban J connectivity index is 1.99. The number of esters is 1. The number of halogens is 1. The van der Waals surface area contributed by atoms with Crippen molar-refractivity contribution in [1.82, 2.24) is 9.78 Å². The van der Waals surface area contributed by atoms with E-state index in [9.17, 15) is 9.59 Å². The molecule has 0 aliphatic rings. The molecule has 138 valence electrons. The molecule has 0 unspecified atom stereocenters. The van der Waals surface area contributed by atoms with Gasteiger partial charge in [-0.1, -0.05) is 17.7 Å². The highest BCUT2D eigenvalue weighted by Gasteiger charge is 2.18. The SMILES string of the molecule is Cc1nn(C)c(C)c1/C=C/C(=O)O[C@H](C)C(=O)Nc1cccc(Cl)c1C. The molecule has 2 rings (SSSR count). The van der Waals surface area contributed by atoms with Gasteiger partial charge in [0.05, 0.1) is 5.69 Å².